The third kappa shape index (κ3) is 3.25. The molecule has 1 nitrogen and oxygen atoms in total. The van der Waals surface area contributed by atoms with Crippen LogP contribution in [0.15, 0.2) is 15.9 Å². The molecule has 0 spiro atoms. The van der Waals surface area contributed by atoms with Gasteiger partial charge >= 0.3 is 0 Å². The van der Waals surface area contributed by atoms with E-state index in [2.05, 4.69) is 46.5 Å². The first-order chi connectivity index (χ1) is 5.72. The maximum Gasteiger partial charge on any atom is 0.0302 e. The van der Waals surface area contributed by atoms with E-state index in [0.29, 0.717) is 6.04 Å². The Balaban J connectivity index is 2.33. The molecule has 0 saturated heterocycles. The van der Waals surface area contributed by atoms with Gasteiger partial charge in [0, 0.05) is 27.3 Å². The highest BCUT2D eigenvalue weighted by molar-refractivity contribution is 9.10. The average molecular weight is 248 g/mol. The van der Waals surface area contributed by atoms with E-state index in [0.717, 1.165) is 6.54 Å². The van der Waals surface area contributed by atoms with Crippen LogP contribution in [0, 0.1) is 0 Å². The van der Waals surface area contributed by atoms with Crippen molar-refractivity contribution in [2.24, 2.45) is 0 Å². The molecule has 1 aromatic heterocycles. The van der Waals surface area contributed by atoms with E-state index in [-0.39, 0.29) is 0 Å². The lowest BCUT2D eigenvalue weighted by Gasteiger charge is -2.09. The minimum Gasteiger partial charge on any atom is -0.309 e. The van der Waals surface area contributed by atoms with Gasteiger partial charge < -0.3 is 5.32 Å². The topological polar surface area (TPSA) is 12.0 Å². The lowest BCUT2D eigenvalue weighted by molar-refractivity contribution is 0.537. The van der Waals surface area contributed by atoms with Gasteiger partial charge in [-0.05, 0) is 35.3 Å². The molecular weight excluding hydrogens is 234 g/mol. The Labute approximate surface area is 86.3 Å². The molecule has 0 aliphatic heterocycles. The second-order valence-corrected chi connectivity index (χ2v) is 4.83. The number of rotatable bonds is 4. The SMILES string of the molecule is CC[C@H](C)NCc1cc(Br)cs1. The van der Waals surface area contributed by atoms with E-state index in [1.54, 1.807) is 11.3 Å². The molecule has 1 N–H and O–H groups in total. The minimum atomic E-state index is 0.617. The predicted molar refractivity (Wildman–Crippen MR) is 58.6 cm³/mol. The highest BCUT2D eigenvalue weighted by Crippen LogP contribution is 2.19. The fourth-order valence-corrected chi connectivity index (χ4v) is 2.27. The molecular formula is C9H14BrNS. The highest BCUT2D eigenvalue weighted by atomic mass is 79.9. The Morgan fingerprint density at radius 1 is 1.67 bits per heavy atom. The Morgan fingerprint density at radius 2 is 2.42 bits per heavy atom. The molecule has 0 fully saturated rings. The van der Waals surface area contributed by atoms with E-state index in [1.165, 1.54) is 15.8 Å². The zero-order valence-corrected chi connectivity index (χ0v) is 9.83. The molecule has 0 radical (unpaired) electrons. The maximum absolute atomic E-state index is 3.45. The van der Waals surface area contributed by atoms with Crippen molar-refractivity contribution in [3.8, 4) is 0 Å². The van der Waals surface area contributed by atoms with Gasteiger partial charge in [0.25, 0.3) is 0 Å². The van der Waals surface area contributed by atoms with Crippen molar-refractivity contribution >= 4 is 27.3 Å². The highest BCUT2D eigenvalue weighted by Gasteiger charge is 1.99. The largest absolute Gasteiger partial charge is 0.309 e. The summed E-state index contributed by atoms with van der Waals surface area (Å²) >= 11 is 5.23. The fraction of sp³-hybridized carbons (Fsp3) is 0.556. The molecule has 3 heteroatoms. The molecule has 0 amide bonds. The van der Waals surface area contributed by atoms with Crippen molar-refractivity contribution in [3.05, 3.63) is 20.8 Å². The Hall–Kier alpha value is 0.140. The maximum atomic E-state index is 3.45. The summed E-state index contributed by atoms with van der Waals surface area (Å²) < 4.78 is 1.19. The van der Waals surface area contributed by atoms with Crippen molar-refractivity contribution in [1.29, 1.82) is 0 Å². The first-order valence-corrected chi connectivity index (χ1v) is 5.86. The smallest absolute Gasteiger partial charge is 0.0302 e. The number of hydrogen-bond donors (Lipinski definition) is 1. The van der Waals surface area contributed by atoms with E-state index in [9.17, 15) is 0 Å². The van der Waals surface area contributed by atoms with Crippen molar-refractivity contribution < 1.29 is 0 Å². The Bertz CT molecular complexity index is 234. The molecule has 0 aliphatic carbocycles. The molecule has 68 valence electrons. The Morgan fingerprint density at radius 3 is 2.92 bits per heavy atom. The molecule has 12 heavy (non-hydrogen) atoms. The van der Waals surface area contributed by atoms with Crippen LogP contribution in [0.25, 0.3) is 0 Å². The van der Waals surface area contributed by atoms with E-state index >= 15 is 0 Å². The van der Waals surface area contributed by atoms with Gasteiger partial charge in [-0.25, -0.2) is 0 Å². The van der Waals surface area contributed by atoms with Crippen LogP contribution in [0.2, 0.25) is 0 Å². The molecule has 0 aliphatic rings. The van der Waals surface area contributed by atoms with Crippen LogP contribution in [0.3, 0.4) is 0 Å². The summed E-state index contributed by atoms with van der Waals surface area (Å²) in [5.41, 5.74) is 0. The minimum absolute atomic E-state index is 0.617. The average Bonchev–Trinajstić information content (AvgIpc) is 2.47. The zero-order valence-electron chi connectivity index (χ0n) is 7.43. The van der Waals surface area contributed by atoms with Gasteiger partial charge in [-0.3, -0.25) is 0 Å². The number of halogens is 1. The van der Waals surface area contributed by atoms with Gasteiger partial charge in [-0.2, -0.15) is 0 Å². The quantitative estimate of drug-likeness (QED) is 0.861. The molecule has 0 unspecified atom stereocenters. The Kier molecular flexibility index (Phi) is 4.26. The van der Waals surface area contributed by atoms with E-state index in [1.807, 2.05) is 0 Å². The van der Waals surface area contributed by atoms with Gasteiger partial charge in [0.1, 0.15) is 0 Å². The summed E-state index contributed by atoms with van der Waals surface area (Å²) in [7, 11) is 0. The third-order valence-corrected chi connectivity index (χ3v) is 3.56. The number of hydrogen-bond acceptors (Lipinski definition) is 2. The van der Waals surface area contributed by atoms with Crippen LogP contribution in [0.1, 0.15) is 25.1 Å². The van der Waals surface area contributed by atoms with E-state index in [4.69, 9.17) is 0 Å². The zero-order chi connectivity index (χ0) is 8.97. The number of nitrogens with one attached hydrogen (secondary N) is 1. The molecule has 0 saturated carbocycles. The van der Waals surface area contributed by atoms with Crippen molar-refractivity contribution in [1.82, 2.24) is 5.32 Å². The summed E-state index contributed by atoms with van der Waals surface area (Å²) in [6.45, 7) is 5.40. The predicted octanol–water partition coefficient (Wildman–Crippen LogP) is 3.40. The van der Waals surface area contributed by atoms with Crippen LogP contribution in [-0.2, 0) is 6.54 Å². The fourth-order valence-electron chi connectivity index (χ4n) is 0.866. The lowest BCUT2D eigenvalue weighted by Crippen LogP contribution is -2.23. The summed E-state index contributed by atoms with van der Waals surface area (Å²) in [4.78, 5) is 1.39. The van der Waals surface area contributed by atoms with Gasteiger partial charge in [-0.1, -0.05) is 6.92 Å². The van der Waals surface area contributed by atoms with Gasteiger partial charge in [0.15, 0.2) is 0 Å². The van der Waals surface area contributed by atoms with Crippen molar-refractivity contribution in [2.75, 3.05) is 0 Å². The normalized spacial score (nSPS) is 13.2. The molecule has 1 heterocycles. The van der Waals surface area contributed by atoms with Crippen LogP contribution in [-0.4, -0.2) is 6.04 Å². The summed E-state index contributed by atoms with van der Waals surface area (Å²) in [5, 5.41) is 5.57. The first kappa shape index (κ1) is 10.2. The third-order valence-electron chi connectivity index (χ3n) is 1.86. The summed E-state index contributed by atoms with van der Waals surface area (Å²) in [6.07, 6.45) is 1.19. The summed E-state index contributed by atoms with van der Waals surface area (Å²) in [5.74, 6) is 0. The van der Waals surface area contributed by atoms with Crippen molar-refractivity contribution in [2.45, 2.75) is 32.9 Å². The number of thiophene rings is 1. The second kappa shape index (κ2) is 5.00. The van der Waals surface area contributed by atoms with Crippen LogP contribution in [0.5, 0.6) is 0 Å². The first-order valence-electron chi connectivity index (χ1n) is 4.18. The second-order valence-electron chi connectivity index (χ2n) is 2.92. The van der Waals surface area contributed by atoms with Gasteiger partial charge in [0.2, 0.25) is 0 Å². The molecule has 1 rings (SSSR count). The lowest BCUT2D eigenvalue weighted by atomic mass is 10.2. The standard InChI is InChI=1S/C9H14BrNS/c1-3-7(2)11-5-9-4-8(10)6-12-9/h4,6-7,11H,3,5H2,1-2H3/t7-/m0/s1. The van der Waals surface area contributed by atoms with Gasteiger partial charge in [0.05, 0.1) is 0 Å². The molecule has 0 bridgehead atoms. The van der Waals surface area contributed by atoms with Crippen LogP contribution < -0.4 is 5.32 Å². The molecule has 1 atom stereocenters. The monoisotopic (exact) mass is 247 g/mol. The summed E-state index contributed by atoms with van der Waals surface area (Å²) in [6, 6.07) is 2.78. The van der Waals surface area contributed by atoms with Crippen LogP contribution in [0.4, 0.5) is 0 Å². The molecule has 0 aromatic carbocycles. The van der Waals surface area contributed by atoms with Crippen molar-refractivity contribution in [3.63, 3.8) is 0 Å². The van der Waals surface area contributed by atoms with Crippen LogP contribution >= 0.6 is 27.3 Å². The van der Waals surface area contributed by atoms with Gasteiger partial charge in [-0.15, -0.1) is 11.3 Å². The van der Waals surface area contributed by atoms with E-state index < -0.39 is 0 Å². The molecule has 1 aromatic rings.